The molecule has 0 aromatic heterocycles. The van der Waals surface area contributed by atoms with Crippen LogP contribution in [-0.2, 0) is 6.54 Å². The lowest BCUT2D eigenvalue weighted by Gasteiger charge is -2.25. The normalized spacial score (nSPS) is 15.1. The fourth-order valence-electron chi connectivity index (χ4n) is 2.76. The quantitative estimate of drug-likeness (QED) is 0.808. The van der Waals surface area contributed by atoms with Crippen LogP contribution in [0.3, 0.4) is 0 Å². The lowest BCUT2D eigenvalue weighted by molar-refractivity contribution is 0.343. The Kier molecular flexibility index (Phi) is 3.78. The topological polar surface area (TPSA) is 30.3 Å². The highest BCUT2D eigenvalue weighted by Crippen LogP contribution is 2.33. The third kappa shape index (κ3) is 2.66. The van der Waals surface area contributed by atoms with Crippen LogP contribution in [0.25, 0.3) is 0 Å². The van der Waals surface area contributed by atoms with Gasteiger partial charge in [0, 0.05) is 31.4 Å². The van der Waals surface area contributed by atoms with Crippen molar-refractivity contribution in [2.45, 2.75) is 6.54 Å². The fourth-order valence-corrected chi connectivity index (χ4v) is 2.76. The monoisotopic (exact) mass is 299 g/mol. The molecule has 0 bridgehead atoms. The van der Waals surface area contributed by atoms with Crippen molar-refractivity contribution in [1.29, 1.82) is 5.26 Å². The van der Waals surface area contributed by atoms with Crippen molar-refractivity contribution in [1.82, 2.24) is 4.90 Å². The predicted molar refractivity (Wildman–Crippen MR) is 80.9 cm³/mol. The molecule has 112 valence electrons. The van der Waals surface area contributed by atoms with E-state index in [1.165, 1.54) is 12.1 Å². The van der Waals surface area contributed by atoms with Gasteiger partial charge < -0.3 is 9.80 Å². The summed E-state index contributed by atoms with van der Waals surface area (Å²) in [6, 6.07) is 11.1. The zero-order valence-electron chi connectivity index (χ0n) is 12.2. The summed E-state index contributed by atoms with van der Waals surface area (Å²) >= 11 is 0. The lowest BCUT2D eigenvalue weighted by Crippen LogP contribution is -2.26. The SMILES string of the molecule is CN1CCN(c2ccc(F)cc2F)c2ccc(C#N)cc2C1. The molecule has 1 heterocycles. The molecule has 0 spiro atoms. The molecule has 0 N–H and O–H groups in total. The van der Waals surface area contributed by atoms with Crippen molar-refractivity contribution >= 4 is 11.4 Å². The fraction of sp³-hybridized carbons (Fsp3) is 0.235. The average molecular weight is 299 g/mol. The van der Waals surface area contributed by atoms with Gasteiger partial charge in [-0.15, -0.1) is 0 Å². The van der Waals surface area contributed by atoms with E-state index < -0.39 is 11.6 Å². The predicted octanol–water partition coefficient (Wildman–Crippen LogP) is 3.42. The number of fused-ring (bicyclic) bond motifs is 1. The van der Waals surface area contributed by atoms with Gasteiger partial charge in [-0.1, -0.05) is 0 Å². The van der Waals surface area contributed by atoms with Crippen molar-refractivity contribution in [3.05, 3.63) is 59.2 Å². The molecule has 1 aliphatic rings. The Bertz CT molecular complexity index is 752. The summed E-state index contributed by atoms with van der Waals surface area (Å²) in [7, 11) is 1.98. The second-order valence-corrected chi connectivity index (χ2v) is 5.44. The second-order valence-electron chi connectivity index (χ2n) is 5.44. The summed E-state index contributed by atoms with van der Waals surface area (Å²) in [6.45, 7) is 2.02. The summed E-state index contributed by atoms with van der Waals surface area (Å²) in [6.07, 6.45) is 0. The average Bonchev–Trinajstić information content (AvgIpc) is 2.65. The highest BCUT2D eigenvalue weighted by molar-refractivity contribution is 5.68. The zero-order chi connectivity index (χ0) is 15.7. The third-order valence-electron chi connectivity index (χ3n) is 3.85. The van der Waals surface area contributed by atoms with Crippen LogP contribution < -0.4 is 4.90 Å². The molecule has 2 aromatic carbocycles. The maximum absolute atomic E-state index is 14.2. The van der Waals surface area contributed by atoms with Gasteiger partial charge in [0.15, 0.2) is 0 Å². The van der Waals surface area contributed by atoms with E-state index >= 15 is 0 Å². The Morgan fingerprint density at radius 3 is 2.55 bits per heavy atom. The number of nitriles is 1. The molecular formula is C17H15F2N3. The Morgan fingerprint density at radius 2 is 1.82 bits per heavy atom. The first-order valence-electron chi connectivity index (χ1n) is 7.02. The summed E-state index contributed by atoms with van der Waals surface area (Å²) in [5.74, 6) is -1.17. The number of nitrogens with zero attached hydrogens (tertiary/aromatic N) is 3. The first kappa shape index (κ1) is 14.5. The number of hydrogen-bond donors (Lipinski definition) is 0. The number of halogens is 2. The number of anilines is 2. The molecule has 0 saturated heterocycles. The maximum atomic E-state index is 14.2. The van der Waals surface area contributed by atoms with Crippen LogP contribution in [0.4, 0.5) is 20.2 Å². The molecule has 0 unspecified atom stereocenters. The number of likely N-dealkylation sites (N-methyl/N-ethyl adjacent to an activating group) is 1. The molecular weight excluding hydrogens is 284 g/mol. The molecule has 0 radical (unpaired) electrons. The smallest absolute Gasteiger partial charge is 0.149 e. The summed E-state index contributed by atoms with van der Waals surface area (Å²) < 4.78 is 27.3. The minimum absolute atomic E-state index is 0.350. The van der Waals surface area contributed by atoms with Gasteiger partial charge in [0.1, 0.15) is 11.6 Å². The summed E-state index contributed by atoms with van der Waals surface area (Å²) in [5, 5.41) is 9.05. The Balaban J connectivity index is 2.11. The molecule has 2 aromatic rings. The number of rotatable bonds is 1. The van der Waals surface area contributed by atoms with Gasteiger partial charge in [-0.2, -0.15) is 5.26 Å². The van der Waals surface area contributed by atoms with E-state index in [4.69, 9.17) is 5.26 Å². The largest absolute Gasteiger partial charge is 0.338 e. The molecule has 3 rings (SSSR count). The van der Waals surface area contributed by atoms with E-state index in [0.717, 1.165) is 23.9 Å². The third-order valence-corrected chi connectivity index (χ3v) is 3.85. The minimum Gasteiger partial charge on any atom is -0.338 e. The van der Waals surface area contributed by atoms with E-state index in [1.54, 1.807) is 6.07 Å². The van der Waals surface area contributed by atoms with Gasteiger partial charge in [0.2, 0.25) is 0 Å². The van der Waals surface area contributed by atoms with Crippen molar-refractivity contribution in [3.8, 4) is 6.07 Å². The first-order chi connectivity index (χ1) is 10.6. The molecule has 3 nitrogen and oxygen atoms in total. The van der Waals surface area contributed by atoms with Crippen molar-refractivity contribution in [2.75, 3.05) is 25.0 Å². The molecule has 0 fully saturated rings. The molecule has 1 aliphatic heterocycles. The van der Waals surface area contributed by atoms with Crippen LogP contribution in [0.1, 0.15) is 11.1 Å². The van der Waals surface area contributed by atoms with Gasteiger partial charge in [-0.25, -0.2) is 8.78 Å². The maximum Gasteiger partial charge on any atom is 0.149 e. The van der Waals surface area contributed by atoms with Crippen LogP contribution in [-0.4, -0.2) is 25.0 Å². The van der Waals surface area contributed by atoms with Gasteiger partial charge in [0.25, 0.3) is 0 Å². The molecule has 0 saturated carbocycles. The van der Waals surface area contributed by atoms with Crippen molar-refractivity contribution in [3.63, 3.8) is 0 Å². The lowest BCUT2D eigenvalue weighted by atomic mass is 10.1. The second kappa shape index (κ2) is 5.74. The van der Waals surface area contributed by atoms with E-state index in [1.807, 2.05) is 24.1 Å². The minimum atomic E-state index is -0.590. The molecule has 0 aliphatic carbocycles. The van der Waals surface area contributed by atoms with Crippen molar-refractivity contribution < 1.29 is 8.78 Å². The highest BCUT2D eigenvalue weighted by atomic mass is 19.1. The summed E-state index contributed by atoms with van der Waals surface area (Å²) in [4.78, 5) is 3.95. The van der Waals surface area contributed by atoms with Gasteiger partial charge in [-0.3, -0.25) is 0 Å². The molecule has 22 heavy (non-hydrogen) atoms. The molecule has 0 atom stereocenters. The van der Waals surface area contributed by atoms with E-state index in [0.29, 0.717) is 24.3 Å². The molecule has 0 amide bonds. The number of hydrogen-bond acceptors (Lipinski definition) is 3. The van der Waals surface area contributed by atoms with Gasteiger partial charge in [-0.05, 0) is 42.9 Å². The van der Waals surface area contributed by atoms with Crippen LogP contribution >= 0.6 is 0 Å². The highest BCUT2D eigenvalue weighted by Gasteiger charge is 2.22. The number of benzene rings is 2. The van der Waals surface area contributed by atoms with Gasteiger partial charge >= 0.3 is 0 Å². The Labute approximate surface area is 128 Å². The standard InChI is InChI=1S/C17H15F2N3/c1-21-6-7-22(17-5-3-14(18)9-15(17)19)16-4-2-12(10-20)8-13(16)11-21/h2-5,8-9H,6-7,11H2,1H3. The Morgan fingerprint density at radius 1 is 1.05 bits per heavy atom. The van der Waals surface area contributed by atoms with E-state index in [2.05, 4.69) is 11.0 Å². The van der Waals surface area contributed by atoms with Crippen molar-refractivity contribution in [2.24, 2.45) is 0 Å². The van der Waals surface area contributed by atoms with Crippen LogP contribution in [0, 0.1) is 23.0 Å². The molecule has 5 heteroatoms. The summed E-state index contributed by atoms with van der Waals surface area (Å²) in [5.41, 5.74) is 2.74. The van der Waals surface area contributed by atoms with Crippen LogP contribution in [0.5, 0.6) is 0 Å². The van der Waals surface area contributed by atoms with Gasteiger partial charge in [0.05, 0.1) is 17.3 Å². The van der Waals surface area contributed by atoms with Crippen LogP contribution in [0.2, 0.25) is 0 Å². The van der Waals surface area contributed by atoms with E-state index in [9.17, 15) is 8.78 Å². The van der Waals surface area contributed by atoms with Crippen LogP contribution in [0.15, 0.2) is 36.4 Å². The van der Waals surface area contributed by atoms with E-state index in [-0.39, 0.29) is 0 Å². The first-order valence-corrected chi connectivity index (χ1v) is 7.02. The Hall–Kier alpha value is -2.45. The zero-order valence-corrected chi connectivity index (χ0v) is 12.2.